The number of carbonyl (C=O) groups is 1. The topological polar surface area (TPSA) is 35.6 Å². The molecule has 1 aromatic heterocycles. The minimum Gasteiger partial charge on any atom is -0.348 e. The van der Waals surface area contributed by atoms with E-state index >= 15 is 0 Å². The number of benzene rings is 1. The molecule has 0 spiro atoms. The third-order valence-corrected chi connectivity index (χ3v) is 5.86. The Balaban J connectivity index is 1.75. The van der Waals surface area contributed by atoms with E-state index in [9.17, 15) is 4.79 Å². The van der Waals surface area contributed by atoms with E-state index < -0.39 is 0 Å². The molecule has 1 aliphatic rings. The van der Waals surface area contributed by atoms with Crippen molar-refractivity contribution in [3.63, 3.8) is 0 Å². The van der Waals surface area contributed by atoms with Crippen LogP contribution in [-0.4, -0.2) is 55.0 Å². The monoisotopic (exact) mass is 377 g/mol. The van der Waals surface area contributed by atoms with Gasteiger partial charge in [0.25, 0.3) is 5.91 Å². The highest BCUT2D eigenvalue weighted by atomic mass is 35.5. The normalized spacial score (nSPS) is 18.7. The predicted octanol–water partition coefficient (Wildman–Crippen LogP) is 3.51. The highest BCUT2D eigenvalue weighted by molar-refractivity contribution is 7.10. The maximum absolute atomic E-state index is 12.6. The van der Waals surface area contributed by atoms with E-state index in [0.29, 0.717) is 10.6 Å². The minimum absolute atomic E-state index is 0.00791. The second kappa shape index (κ2) is 8.32. The van der Waals surface area contributed by atoms with Crippen LogP contribution in [0.5, 0.6) is 0 Å². The number of thiophene rings is 1. The molecule has 25 heavy (non-hydrogen) atoms. The fourth-order valence-electron chi connectivity index (χ4n) is 3.30. The van der Waals surface area contributed by atoms with E-state index in [1.54, 1.807) is 35.6 Å². The molecule has 134 valence electrons. The summed E-state index contributed by atoms with van der Waals surface area (Å²) in [6.45, 7) is 6.21. The Labute approximate surface area is 158 Å². The summed E-state index contributed by atoms with van der Waals surface area (Å²) in [5.74, 6) is -0.0781. The molecule has 2 aromatic rings. The standard InChI is InChI=1S/C19H24ClN3OS/c1-14(21-19(24)15-5-3-6-16(20)13-15)18(17-7-4-12-25-17)23-10-8-22(2)9-11-23/h3-7,12-14,18H,8-11H2,1-2H3,(H,21,24)/t14-,18-/m1/s1. The number of hydrogen-bond acceptors (Lipinski definition) is 4. The first kappa shape index (κ1) is 18.4. The van der Waals surface area contributed by atoms with Gasteiger partial charge in [-0.15, -0.1) is 11.3 Å². The maximum Gasteiger partial charge on any atom is 0.251 e. The molecular formula is C19H24ClN3OS. The third-order valence-electron chi connectivity index (χ3n) is 4.69. The highest BCUT2D eigenvalue weighted by Crippen LogP contribution is 2.29. The first-order valence-electron chi connectivity index (χ1n) is 8.57. The van der Waals surface area contributed by atoms with Gasteiger partial charge in [0.2, 0.25) is 0 Å². The average Bonchev–Trinajstić information content (AvgIpc) is 3.11. The van der Waals surface area contributed by atoms with Gasteiger partial charge in [-0.2, -0.15) is 0 Å². The summed E-state index contributed by atoms with van der Waals surface area (Å²) >= 11 is 7.76. The summed E-state index contributed by atoms with van der Waals surface area (Å²) in [6, 6.07) is 11.5. The Bertz CT molecular complexity index is 698. The molecular weight excluding hydrogens is 354 g/mol. The highest BCUT2D eigenvalue weighted by Gasteiger charge is 2.30. The van der Waals surface area contributed by atoms with Crippen LogP contribution in [0.25, 0.3) is 0 Å². The lowest BCUT2D eigenvalue weighted by Gasteiger charge is -2.40. The number of likely N-dealkylation sites (N-methyl/N-ethyl adjacent to an activating group) is 1. The summed E-state index contributed by atoms with van der Waals surface area (Å²) in [5.41, 5.74) is 0.600. The number of hydrogen-bond donors (Lipinski definition) is 1. The van der Waals surface area contributed by atoms with Crippen molar-refractivity contribution >= 4 is 28.8 Å². The molecule has 1 aromatic carbocycles. The lowest BCUT2D eigenvalue weighted by Crippen LogP contribution is -2.51. The third kappa shape index (κ3) is 4.61. The molecule has 2 atom stereocenters. The van der Waals surface area contributed by atoms with Gasteiger partial charge in [0, 0.05) is 47.7 Å². The molecule has 1 amide bonds. The first-order valence-corrected chi connectivity index (χ1v) is 9.83. The van der Waals surface area contributed by atoms with Crippen LogP contribution in [0.4, 0.5) is 0 Å². The largest absolute Gasteiger partial charge is 0.348 e. The van der Waals surface area contributed by atoms with Crippen LogP contribution >= 0.6 is 22.9 Å². The van der Waals surface area contributed by atoms with E-state index in [1.165, 1.54) is 4.88 Å². The maximum atomic E-state index is 12.6. The lowest BCUT2D eigenvalue weighted by atomic mass is 10.0. The second-order valence-electron chi connectivity index (χ2n) is 6.57. The zero-order chi connectivity index (χ0) is 17.8. The quantitative estimate of drug-likeness (QED) is 0.866. The molecule has 0 bridgehead atoms. The fraction of sp³-hybridized carbons (Fsp3) is 0.421. The Kier molecular flexibility index (Phi) is 6.12. The summed E-state index contributed by atoms with van der Waals surface area (Å²) in [7, 11) is 2.15. The van der Waals surface area contributed by atoms with E-state index in [-0.39, 0.29) is 18.0 Å². The Morgan fingerprint density at radius 1 is 1.20 bits per heavy atom. The molecule has 1 N–H and O–H groups in total. The minimum atomic E-state index is -0.0781. The van der Waals surface area contributed by atoms with Gasteiger partial charge in [-0.25, -0.2) is 0 Å². The van der Waals surface area contributed by atoms with Gasteiger partial charge in [0.05, 0.1) is 6.04 Å². The summed E-state index contributed by atoms with van der Waals surface area (Å²) in [5, 5.41) is 5.85. The van der Waals surface area contributed by atoms with Gasteiger partial charge < -0.3 is 10.2 Å². The van der Waals surface area contributed by atoms with Crippen LogP contribution in [0.15, 0.2) is 41.8 Å². The average molecular weight is 378 g/mol. The molecule has 1 fully saturated rings. The molecule has 6 heteroatoms. The van der Waals surface area contributed by atoms with Crippen molar-refractivity contribution in [2.75, 3.05) is 33.2 Å². The Morgan fingerprint density at radius 2 is 1.96 bits per heavy atom. The first-order chi connectivity index (χ1) is 12.0. The number of carbonyl (C=O) groups excluding carboxylic acids is 1. The molecule has 4 nitrogen and oxygen atoms in total. The van der Waals surface area contributed by atoms with Crippen LogP contribution in [0.2, 0.25) is 5.02 Å². The molecule has 1 saturated heterocycles. The van der Waals surface area contributed by atoms with Gasteiger partial charge >= 0.3 is 0 Å². The van der Waals surface area contributed by atoms with E-state index in [0.717, 1.165) is 26.2 Å². The Hall–Kier alpha value is -1.40. The zero-order valence-corrected chi connectivity index (χ0v) is 16.2. The number of nitrogens with one attached hydrogen (secondary N) is 1. The van der Waals surface area contributed by atoms with E-state index in [1.807, 2.05) is 0 Å². The molecule has 0 saturated carbocycles. The number of piperazine rings is 1. The van der Waals surface area contributed by atoms with Crippen LogP contribution in [0.1, 0.15) is 28.2 Å². The molecule has 2 heterocycles. The van der Waals surface area contributed by atoms with Gasteiger partial charge in [-0.1, -0.05) is 23.7 Å². The Morgan fingerprint density at radius 3 is 2.60 bits per heavy atom. The van der Waals surface area contributed by atoms with Crippen molar-refractivity contribution in [1.29, 1.82) is 0 Å². The fourth-order valence-corrected chi connectivity index (χ4v) is 4.46. The van der Waals surface area contributed by atoms with E-state index in [2.05, 4.69) is 46.6 Å². The number of halogens is 1. The zero-order valence-electron chi connectivity index (χ0n) is 14.6. The molecule has 0 radical (unpaired) electrons. The SMILES string of the molecule is C[C@@H](NC(=O)c1cccc(Cl)c1)[C@H](c1cccs1)N1CCN(C)CC1. The van der Waals surface area contributed by atoms with Crippen molar-refractivity contribution in [3.8, 4) is 0 Å². The molecule has 0 unspecified atom stereocenters. The van der Waals surface area contributed by atoms with Gasteiger partial charge in [0.15, 0.2) is 0 Å². The van der Waals surface area contributed by atoms with Crippen molar-refractivity contribution in [1.82, 2.24) is 15.1 Å². The van der Waals surface area contributed by atoms with Gasteiger partial charge in [-0.05, 0) is 43.6 Å². The number of rotatable bonds is 5. The molecule has 3 rings (SSSR count). The van der Waals surface area contributed by atoms with Crippen LogP contribution < -0.4 is 5.32 Å². The van der Waals surface area contributed by atoms with Crippen LogP contribution in [0, 0.1) is 0 Å². The van der Waals surface area contributed by atoms with Crippen molar-refractivity contribution in [3.05, 3.63) is 57.2 Å². The smallest absolute Gasteiger partial charge is 0.251 e. The van der Waals surface area contributed by atoms with E-state index in [4.69, 9.17) is 11.6 Å². The van der Waals surface area contributed by atoms with Crippen molar-refractivity contribution in [2.45, 2.75) is 19.0 Å². The van der Waals surface area contributed by atoms with Crippen LogP contribution in [0.3, 0.4) is 0 Å². The van der Waals surface area contributed by atoms with Crippen LogP contribution in [-0.2, 0) is 0 Å². The second-order valence-corrected chi connectivity index (χ2v) is 7.99. The van der Waals surface area contributed by atoms with Gasteiger partial charge in [0.1, 0.15) is 0 Å². The summed E-state index contributed by atoms with van der Waals surface area (Å²) in [4.78, 5) is 18.7. The van der Waals surface area contributed by atoms with Gasteiger partial charge in [-0.3, -0.25) is 9.69 Å². The lowest BCUT2D eigenvalue weighted by molar-refractivity contribution is 0.0799. The summed E-state index contributed by atoms with van der Waals surface area (Å²) < 4.78 is 0. The number of nitrogens with zero attached hydrogens (tertiary/aromatic N) is 2. The number of amides is 1. The summed E-state index contributed by atoms with van der Waals surface area (Å²) in [6.07, 6.45) is 0. The molecule has 0 aliphatic carbocycles. The predicted molar refractivity (Wildman–Crippen MR) is 105 cm³/mol. The van der Waals surface area contributed by atoms with Crippen molar-refractivity contribution < 1.29 is 4.79 Å². The molecule has 1 aliphatic heterocycles. The van der Waals surface area contributed by atoms with Crippen molar-refractivity contribution in [2.24, 2.45) is 0 Å².